The van der Waals surface area contributed by atoms with Crippen LogP contribution >= 0.6 is 11.3 Å². The lowest BCUT2D eigenvalue weighted by Crippen LogP contribution is -2.39. The second-order valence-electron chi connectivity index (χ2n) is 6.55. The van der Waals surface area contributed by atoms with Crippen molar-refractivity contribution < 1.29 is 0 Å². The summed E-state index contributed by atoms with van der Waals surface area (Å²) in [6.45, 7) is 0. The van der Waals surface area contributed by atoms with Gasteiger partial charge in [0, 0.05) is 22.4 Å². The van der Waals surface area contributed by atoms with Crippen LogP contribution in [0.4, 0.5) is 5.69 Å². The molecule has 0 spiro atoms. The molecule has 1 atom stereocenters. The van der Waals surface area contributed by atoms with Gasteiger partial charge in [-0.1, -0.05) is 84.9 Å². The third-order valence-corrected chi connectivity index (χ3v) is 5.87. The minimum absolute atomic E-state index is 0.630. The highest BCUT2D eigenvalue weighted by molar-refractivity contribution is 7.10. The molecule has 0 bridgehead atoms. The van der Waals surface area contributed by atoms with E-state index in [-0.39, 0.29) is 0 Å². The van der Waals surface area contributed by atoms with Gasteiger partial charge in [0.1, 0.15) is 0 Å². The topological polar surface area (TPSA) is 24.4 Å². The largest absolute Gasteiger partial charge is 0.353 e. The van der Waals surface area contributed by atoms with Crippen molar-refractivity contribution in [3.63, 3.8) is 0 Å². The Morgan fingerprint density at radius 3 is 2.15 bits per heavy atom. The Morgan fingerprint density at radius 1 is 0.704 bits per heavy atom. The van der Waals surface area contributed by atoms with E-state index in [1.165, 1.54) is 4.88 Å². The fraction of sp³-hybridized carbons (Fsp3) is 0.0417. The SMILES string of the molecule is c1ccc(C2=NC(c3ccccc3)(c3cccs3)Nc3ccccc32)cc1. The van der Waals surface area contributed by atoms with E-state index >= 15 is 0 Å². The molecule has 3 aromatic carbocycles. The summed E-state index contributed by atoms with van der Waals surface area (Å²) in [6, 6.07) is 33.6. The van der Waals surface area contributed by atoms with Crippen LogP contribution in [-0.2, 0) is 5.66 Å². The summed E-state index contributed by atoms with van der Waals surface area (Å²) in [5.41, 5.74) is 4.88. The number of hydrogen-bond donors (Lipinski definition) is 1. The quantitative estimate of drug-likeness (QED) is 0.479. The molecule has 1 aromatic heterocycles. The summed E-state index contributed by atoms with van der Waals surface area (Å²) < 4.78 is 0. The second-order valence-corrected chi connectivity index (χ2v) is 7.50. The predicted molar refractivity (Wildman–Crippen MR) is 114 cm³/mol. The molecule has 0 amide bonds. The van der Waals surface area contributed by atoms with Crippen molar-refractivity contribution in [2.75, 3.05) is 5.32 Å². The average Bonchev–Trinajstić information content (AvgIpc) is 3.30. The first-order chi connectivity index (χ1) is 13.4. The van der Waals surface area contributed by atoms with Gasteiger partial charge in [0.25, 0.3) is 0 Å². The number of nitrogens with zero attached hydrogens (tertiary/aromatic N) is 1. The van der Waals surface area contributed by atoms with Crippen molar-refractivity contribution in [1.29, 1.82) is 0 Å². The molecule has 1 aliphatic heterocycles. The summed E-state index contributed by atoms with van der Waals surface area (Å²) in [5.74, 6) is 0. The molecular formula is C24H18N2S. The van der Waals surface area contributed by atoms with E-state index in [1.807, 2.05) is 12.1 Å². The van der Waals surface area contributed by atoms with Crippen LogP contribution in [0.1, 0.15) is 21.6 Å². The van der Waals surface area contributed by atoms with Crippen molar-refractivity contribution in [2.24, 2.45) is 4.99 Å². The Kier molecular flexibility index (Phi) is 3.88. The average molecular weight is 366 g/mol. The Hall–Kier alpha value is -3.17. The van der Waals surface area contributed by atoms with Gasteiger partial charge in [-0.15, -0.1) is 11.3 Å². The van der Waals surface area contributed by atoms with E-state index in [0.717, 1.165) is 28.1 Å². The molecule has 2 nitrogen and oxygen atoms in total. The first-order valence-corrected chi connectivity index (χ1v) is 9.87. The molecule has 1 aliphatic rings. The van der Waals surface area contributed by atoms with Crippen LogP contribution in [0.25, 0.3) is 0 Å². The lowest BCUT2D eigenvalue weighted by Gasteiger charge is -2.37. The van der Waals surface area contributed by atoms with Crippen LogP contribution in [0.15, 0.2) is 107 Å². The number of nitrogens with one attached hydrogen (secondary N) is 1. The highest BCUT2D eigenvalue weighted by atomic mass is 32.1. The molecular weight excluding hydrogens is 348 g/mol. The first kappa shape index (κ1) is 16.0. The van der Waals surface area contributed by atoms with E-state index in [4.69, 9.17) is 4.99 Å². The van der Waals surface area contributed by atoms with Crippen molar-refractivity contribution in [1.82, 2.24) is 0 Å². The maximum absolute atomic E-state index is 5.35. The van der Waals surface area contributed by atoms with Crippen LogP contribution in [0.2, 0.25) is 0 Å². The maximum atomic E-state index is 5.35. The Morgan fingerprint density at radius 2 is 1.41 bits per heavy atom. The minimum Gasteiger partial charge on any atom is -0.353 e. The van der Waals surface area contributed by atoms with Crippen LogP contribution in [0.5, 0.6) is 0 Å². The number of fused-ring (bicyclic) bond motifs is 1. The molecule has 0 saturated heterocycles. The van der Waals surface area contributed by atoms with Gasteiger partial charge in [-0.3, -0.25) is 0 Å². The highest BCUT2D eigenvalue weighted by Crippen LogP contribution is 2.42. The number of thiophene rings is 1. The second kappa shape index (κ2) is 6.53. The zero-order valence-electron chi connectivity index (χ0n) is 14.7. The number of aliphatic imine (C=N–C) groups is 1. The molecule has 2 heterocycles. The molecule has 130 valence electrons. The zero-order chi connectivity index (χ0) is 18.1. The predicted octanol–water partition coefficient (Wildman–Crippen LogP) is 5.91. The first-order valence-electron chi connectivity index (χ1n) is 8.99. The molecule has 5 rings (SSSR count). The van der Waals surface area contributed by atoms with Crippen molar-refractivity contribution in [3.05, 3.63) is 124 Å². The number of anilines is 1. The fourth-order valence-corrected chi connectivity index (χ4v) is 4.47. The smallest absolute Gasteiger partial charge is 0.191 e. The monoisotopic (exact) mass is 366 g/mol. The molecule has 3 heteroatoms. The van der Waals surface area contributed by atoms with Gasteiger partial charge in [0.15, 0.2) is 5.66 Å². The van der Waals surface area contributed by atoms with Crippen molar-refractivity contribution in [2.45, 2.75) is 5.66 Å². The summed E-state index contributed by atoms with van der Waals surface area (Å²) >= 11 is 1.73. The van der Waals surface area contributed by atoms with E-state index in [2.05, 4.69) is 95.6 Å². The standard InChI is InChI=1S/C24H18N2S/c1-3-10-18(11-4-1)23-20-14-7-8-15-21(20)25-24(26-23,22-16-9-17-27-22)19-12-5-2-6-13-19/h1-17,25H. The number of rotatable bonds is 3. The maximum Gasteiger partial charge on any atom is 0.191 e. The lowest BCUT2D eigenvalue weighted by atomic mass is 9.91. The van der Waals surface area contributed by atoms with Crippen LogP contribution in [-0.4, -0.2) is 5.71 Å². The summed E-state index contributed by atoms with van der Waals surface area (Å²) in [7, 11) is 0. The molecule has 0 aliphatic carbocycles. The summed E-state index contributed by atoms with van der Waals surface area (Å²) in [5, 5.41) is 5.86. The van der Waals surface area contributed by atoms with Crippen molar-refractivity contribution >= 4 is 22.7 Å². The van der Waals surface area contributed by atoms with Gasteiger partial charge < -0.3 is 5.32 Å². The molecule has 1 N–H and O–H groups in total. The van der Waals surface area contributed by atoms with E-state index < -0.39 is 5.66 Å². The molecule has 0 saturated carbocycles. The van der Waals surface area contributed by atoms with E-state index in [1.54, 1.807) is 11.3 Å². The van der Waals surface area contributed by atoms with Gasteiger partial charge in [-0.2, -0.15) is 0 Å². The molecule has 0 fully saturated rings. The fourth-order valence-electron chi connectivity index (χ4n) is 3.62. The number of hydrogen-bond acceptors (Lipinski definition) is 3. The minimum atomic E-state index is -0.630. The zero-order valence-corrected chi connectivity index (χ0v) is 15.5. The van der Waals surface area contributed by atoms with Gasteiger partial charge in [0.2, 0.25) is 0 Å². The van der Waals surface area contributed by atoms with Gasteiger partial charge in [0.05, 0.1) is 10.6 Å². The normalized spacial score (nSPS) is 18.3. The van der Waals surface area contributed by atoms with Crippen LogP contribution in [0.3, 0.4) is 0 Å². The van der Waals surface area contributed by atoms with Gasteiger partial charge >= 0.3 is 0 Å². The Labute approximate surface area is 162 Å². The summed E-state index contributed by atoms with van der Waals surface area (Å²) in [4.78, 5) is 6.53. The van der Waals surface area contributed by atoms with Gasteiger partial charge in [-0.25, -0.2) is 4.99 Å². The Balaban J connectivity index is 1.82. The summed E-state index contributed by atoms with van der Waals surface area (Å²) in [6.07, 6.45) is 0. The molecule has 0 radical (unpaired) electrons. The lowest BCUT2D eigenvalue weighted by molar-refractivity contribution is 0.634. The third-order valence-electron chi connectivity index (χ3n) is 4.89. The molecule has 27 heavy (non-hydrogen) atoms. The highest BCUT2D eigenvalue weighted by Gasteiger charge is 2.39. The number of para-hydroxylation sites is 1. The van der Waals surface area contributed by atoms with E-state index in [0.29, 0.717) is 0 Å². The van der Waals surface area contributed by atoms with Crippen LogP contribution < -0.4 is 5.32 Å². The van der Waals surface area contributed by atoms with Gasteiger partial charge in [-0.05, 0) is 17.5 Å². The Bertz CT molecular complexity index is 1090. The van der Waals surface area contributed by atoms with Crippen LogP contribution in [0, 0.1) is 0 Å². The molecule has 1 unspecified atom stereocenters. The van der Waals surface area contributed by atoms with Crippen molar-refractivity contribution in [3.8, 4) is 0 Å². The third kappa shape index (κ3) is 2.68. The molecule has 4 aromatic rings. The van der Waals surface area contributed by atoms with E-state index in [9.17, 15) is 0 Å². The number of benzene rings is 3.